The minimum atomic E-state index is -1.25. The Morgan fingerprint density at radius 1 is 1.07 bits per heavy atom. The topological polar surface area (TPSA) is 66.2 Å². The Labute approximate surface area is 177 Å². The van der Waals surface area contributed by atoms with Crippen molar-refractivity contribution in [3.05, 3.63) is 76.3 Å². The second-order valence-electron chi connectivity index (χ2n) is 7.10. The lowest BCUT2D eigenvalue weighted by Gasteiger charge is -2.10. The number of rotatable bonds is 5. The third-order valence-electron chi connectivity index (χ3n) is 5.23. The van der Waals surface area contributed by atoms with Gasteiger partial charge >= 0.3 is 0 Å². The van der Waals surface area contributed by atoms with Crippen molar-refractivity contribution in [3.63, 3.8) is 0 Å². The fraction of sp³-hybridized carbons (Fsp3) is 0.167. The Morgan fingerprint density at radius 2 is 1.79 bits per heavy atom. The fourth-order valence-electron chi connectivity index (χ4n) is 3.34. The summed E-state index contributed by atoms with van der Waals surface area (Å²) in [5, 5.41) is 12.2. The van der Waals surface area contributed by atoms with Crippen LogP contribution in [0.4, 0.5) is 0 Å². The molecule has 4 rings (SSSR count). The van der Waals surface area contributed by atoms with Gasteiger partial charge in [0.05, 0.1) is 11.5 Å². The number of halogens is 1. The number of aromatic nitrogens is 1. The van der Waals surface area contributed by atoms with Crippen LogP contribution >= 0.6 is 15.9 Å². The highest BCUT2D eigenvalue weighted by Gasteiger charge is 2.13. The minimum Gasteiger partial charge on any atom is -0.545 e. The maximum Gasteiger partial charge on any atom is 0.153 e. The van der Waals surface area contributed by atoms with E-state index in [0.717, 1.165) is 16.5 Å². The van der Waals surface area contributed by atoms with E-state index in [0.29, 0.717) is 34.0 Å². The Balaban J connectivity index is 1.73. The van der Waals surface area contributed by atoms with E-state index in [9.17, 15) is 9.90 Å². The number of furan rings is 1. The molecule has 0 aliphatic rings. The Hall–Kier alpha value is -2.92. The van der Waals surface area contributed by atoms with Crippen LogP contribution in [0.3, 0.4) is 0 Å². The molecule has 0 aliphatic heterocycles. The lowest BCUT2D eigenvalue weighted by molar-refractivity contribution is -0.254. The first-order valence-electron chi connectivity index (χ1n) is 9.48. The maximum absolute atomic E-state index is 11.7. The van der Waals surface area contributed by atoms with E-state index in [2.05, 4.69) is 46.9 Å². The lowest BCUT2D eigenvalue weighted by atomic mass is 9.97. The Bertz CT molecular complexity index is 1190. The second kappa shape index (κ2) is 7.84. The first kappa shape index (κ1) is 19.4. The van der Waals surface area contributed by atoms with Crippen molar-refractivity contribution in [3.8, 4) is 22.8 Å². The summed E-state index contributed by atoms with van der Waals surface area (Å²) in [6, 6.07) is 18.8. The minimum absolute atomic E-state index is 0.0853. The Morgan fingerprint density at radius 3 is 2.48 bits per heavy atom. The molecule has 0 amide bonds. The van der Waals surface area contributed by atoms with Gasteiger partial charge in [0.25, 0.3) is 0 Å². The van der Waals surface area contributed by atoms with Crippen molar-refractivity contribution in [1.82, 2.24) is 4.98 Å². The third kappa shape index (κ3) is 3.83. The molecule has 0 fully saturated rings. The molecule has 0 N–H and O–H groups in total. The van der Waals surface area contributed by atoms with E-state index in [1.807, 2.05) is 30.3 Å². The lowest BCUT2D eigenvalue weighted by Crippen LogP contribution is -2.22. The molecule has 4 nitrogen and oxygen atoms in total. The van der Waals surface area contributed by atoms with Crippen molar-refractivity contribution in [2.24, 2.45) is 0 Å². The van der Waals surface area contributed by atoms with Gasteiger partial charge in [0.1, 0.15) is 11.5 Å². The summed E-state index contributed by atoms with van der Waals surface area (Å²) in [6.45, 7) is 4.38. The van der Waals surface area contributed by atoms with Crippen LogP contribution in [0.1, 0.15) is 42.1 Å². The van der Waals surface area contributed by atoms with Crippen molar-refractivity contribution < 1.29 is 14.3 Å². The smallest absolute Gasteiger partial charge is 0.153 e. The molecule has 1 atom stereocenters. The quantitative estimate of drug-likeness (QED) is 0.386. The first-order chi connectivity index (χ1) is 14.0. The number of carboxylic acid groups (broad SMARTS) is 1. The maximum atomic E-state index is 11.7. The number of nitrogens with zero attached hydrogens (tertiary/aromatic N) is 1. The molecule has 0 aliphatic carbocycles. The van der Waals surface area contributed by atoms with Gasteiger partial charge in [-0.2, -0.15) is 0 Å². The predicted molar refractivity (Wildman–Crippen MR) is 116 cm³/mol. The number of benzene rings is 2. The van der Waals surface area contributed by atoms with Crippen LogP contribution in [0.5, 0.6) is 0 Å². The number of hydrogen-bond donors (Lipinski definition) is 0. The van der Waals surface area contributed by atoms with Gasteiger partial charge < -0.3 is 14.3 Å². The van der Waals surface area contributed by atoms with Crippen LogP contribution in [0.25, 0.3) is 33.7 Å². The van der Waals surface area contributed by atoms with Gasteiger partial charge in [0.2, 0.25) is 0 Å². The van der Waals surface area contributed by atoms with Gasteiger partial charge in [0.15, 0.2) is 5.76 Å². The largest absolute Gasteiger partial charge is 0.545 e. The molecule has 0 radical (unpaired) electrons. The zero-order chi connectivity index (χ0) is 20.5. The summed E-state index contributed by atoms with van der Waals surface area (Å²) >= 11 is 3.37. The molecule has 0 bridgehead atoms. The molecule has 0 unspecified atom stereocenters. The number of pyridine rings is 1. The van der Waals surface area contributed by atoms with E-state index in [1.165, 1.54) is 11.6 Å². The van der Waals surface area contributed by atoms with Crippen LogP contribution in [0.2, 0.25) is 0 Å². The normalized spacial score (nSPS) is 12.2. The first-order valence-corrected chi connectivity index (χ1v) is 10.3. The van der Waals surface area contributed by atoms with Crippen molar-refractivity contribution in [2.45, 2.75) is 26.2 Å². The SMILES string of the molecule is CC[C@H](C)c1ccc(-c2ccc(-c3cc(C(=O)[O-])c4cc(Br)ccc4n3)o2)cc1. The van der Waals surface area contributed by atoms with E-state index < -0.39 is 5.97 Å². The van der Waals surface area contributed by atoms with Crippen LogP contribution in [0, 0.1) is 0 Å². The molecular weight excluding hydrogens is 430 g/mol. The van der Waals surface area contributed by atoms with Gasteiger partial charge in [-0.05, 0) is 54.3 Å². The second-order valence-corrected chi connectivity index (χ2v) is 8.01. The van der Waals surface area contributed by atoms with Crippen molar-refractivity contribution >= 4 is 32.8 Å². The summed E-state index contributed by atoms with van der Waals surface area (Å²) in [5.74, 6) is 0.493. The predicted octanol–water partition coefficient (Wildman–Crippen LogP) is 5.80. The fourth-order valence-corrected chi connectivity index (χ4v) is 3.70. The zero-order valence-corrected chi connectivity index (χ0v) is 17.7. The van der Waals surface area contributed by atoms with Crippen molar-refractivity contribution in [2.75, 3.05) is 0 Å². The molecule has 2 aromatic carbocycles. The monoisotopic (exact) mass is 448 g/mol. The van der Waals surface area contributed by atoms with Crippen LogP contribution in [-0.2, 0) is 0 Å². The number of fused-ring (bicyclic) bond motifs is 1. The van der Waals surface area contributed by atoms with Crippen LogP contribution < -0.4 is 5.11 Å². The van der Waals surface area contributed by atoms with Gasteiger partial charge in [-0.15, -0.1) is 0 Å². The van der Waals surface area contributed by atoms with Gasteiger partial charge in [0, 0.05) is 21.0 Å². The van der Waals surface area contributed by atoms with E-state index in [4.69, 9.17) is 4.42 Å². The molecule has 0 saturated carbocycles. The van der Waals surface area contributed by atoms with Gasteiger partial charge in [-0.1, -0.05) is 54.0 Å². The average Bonchev–Trinajstić information content (AvgIpc) is 3.22. The summed E-state index contributed by atoms with van der Waals surface area (Å²) in [5.41, 5.74) is 3.38. The Kier molecular flexibility index (Phi) is 5.24. The van der Waals surface area contributed by atoms with Gasteiger partial charge in [-0.25, -0.2) is 4.98 Å². The van der Waals surface area contributed by atoms with Crippen molar-refractivity contribution in [1.29, 1.82) is 0 Å². The molecule has 146 valence electrons. The average molecular weight is 449 g/mol. The summed E-state index contributed by atoms with van der Waals surface area (Å²) in [7, 11) is 0. The zero-order valence-electron chi connectivity index (χ0n) is 16.1. The number of hydrogen-bond acceptors (Lipinski definition) is 4. The molecular formula is C24H19BrNO3-. The summed E-state index contributed by atoms with van der Waals surface area (Å²) < 4.78 is 6.79. The highest BCUT2D eigenvalue weighted by Crippen LogP contribution is 2.31. The molecule has 0 spiro atoms. The molecule has 5 heteroatoms. The standard InChI is InChI=1S/C24H20BrNO3/c1-3-14(2)15-4-6-16(7-5-15)22-10-11-23(29-22)21-13-19(24(27)28)18-12-17(25)8-9-20(18)26-21/h4-14H,3H2,1-2H3,(H,27,28)/p-1/t14-/m0/s1. The molecule has 2 aromatic heterocycles. The van der Waals surface area contributed by atoms with E-state index in [-0.39, 0.29) is 5.56 Å². The third-order valence-corrected chi connectivity index (χ3v) is 5.72. The molecule has 0 saturated heterocycles. The molecule has 2 heterocycles. The molecule has 29 heavy (non-hydrogen) atoms. The number of carbonyl (C=O) groups is 1. The van der Waals surface area contributed by atoms with E-state index >= 15 is 0 Å². The van der Waals surface area contributed by atoms with Crippen LogP contribution in [0.15, 0.2) is 69.6 Å². The number of carboxylic acids is 1. The highest BCUT2D eigenvalue weighted by atomic mass is 79.9. The summed E-state index contributed by atoms with van der Waals surface area (Å²) in [4.78, 5) is 16.2. The molecule has 4 aromatic rings. The number of aromatic carboxylic acids is 1. The number of carbonyl (C=O) groups excluding carboxylic acids is 1. The highest BCUT2D eigenvalue weighted by molar-refractivity contribution is 9.10. The summed E-state index contributed by atoms with van der Waals surface area (Å²) in [6.07, 6.45) is 1.09. The van der Waals surface area contributed by atoms with Crippen LogP contribution in [-0.4, -0.2) is 11.0 Å². The van der Waals surface area contributed by atoms with Gasteiger partial charge in [-0.3, -0.25) is 0 Å². The van der Waals surface area contributed by atoms with E-state index in [1.54, 1.807) is 12.1 Å².